The van der Waals surface area contributed by atoms with Crippen LogP contribution in [0.15, 0.2) is 22.7 Å². The molecule has 1 aromatic carbocycles. The molecular weight excluding hydrogens is 326 g/mol. The highest BCUT2D eigenvalue weighted by molar-refractivity contribution is 9.10. The molecule has 0 aliphatic rings. The van der Waals surface area contributed by atoms with E-state index in [2.05, 4.69) is 21.2 Å². The number of rotatable bonds is 5. The van der Waals surface area contributed by atoms with Crippen molar-refractivity contribution >= 4 is 33.2 Å². The summed E-state index contributed by atoms with van der Waals surface area (Å²) >= 11 is 3.17. The lowest BCUT2D eigenvalue weighted by Gasteiger charge is -2.22. The number of nitriles is 1. The number of amides is 1. The molecule has 0 radical (unpaired) electrons. The quantitative estimate of drug-likeness (QED) is 0.654. The van der Waals surface area contributed by atoms with Gasteiger partial charge in [0.05, 0.1) is 16.7 Å². The van der Waals surface area contributed by atoms with Crippen LogP contribution in [-0.4, -0.2) is 10.8 Å². The molecule has 1 rings (SSSR count). The number of nitro benzene ring substituents is 1. The van der Waals surface area contributed by atoms with Gasteiger partial charge < -0.3 is 5.32 Å². The number of nitrogens with zero attached hydrogens (tertiary/aromatic N) is 2. The van der Waals surface area contributed by atoms with Gasteiger partial charge in [-0.3, -0.25) is 14.9 Å². The predicted molar refractivity (Wildman–Crippen MR) is 78.1 cm³/mol. The average Bonchev–Trinajstić information content (AvgIpc) is 2.43. The normalized spacial score (nSPS) is 10.7. The molecule has 0 heterocycles. The number of hydrogen-bond donors (Lipinski definition) is 1. The van der Waals surface area contributed by atoms with Crippen molar-refractivity contribution in [2.45, 2.75) is 26.7 Å². The summed E-state index contributed by atoms with van der Waals surface area (Å²) in [6.45, 7) is 3.55. The highest BCUT2D eigenvalue weighted by Crippen LogP contribution is 2.31. The molecule has 6 nitrogen and oxygen atoms in total. The van der Waals surface area contributed by atoms with Gasteiger partial charge in [0.1, 0.15) is 5.41 Å². The number of nitro groups is 1. The standard InChI is InChI=1S/C13H14BrN3O3/c1-3-13(4-2,8-15)12(18)16-11-6-5-9(17(19)20)7-10(11)14/h5-7H,3-4H2,1-2H3,(H,16,18). The molecule has 1 N–H and O–H groups in total. The van der Waals surface area contributed by atoms with E-state index in [4.69, 9.17) is 0 Å². The third-order valence-electron chi connectivity index (χ3n) is 3.27. The molecule has 7 heteroatoms. The Hall–Kier alpha value is -1.94. The van der Waals surface area contributed by atoms with Crippen molar-refractivity contribution < 1.29 is 9.72 Å². The van der Waals surface area contributed by atoms with Gasteiger partial charge in [-0.15, -0.1) is 0 Å². The van der Waals surface area contributed by atoms with E-state index in [1.165, 1.54) is 18.2 Å². The van der Waals surface area contributed by atoms with E-state index < -0.39 is 16.2 Å². The Balaban J connectivity index is 3.03. The minimum Gasteiger partial charge on any atom is -0.324 e. The number of nitrogens with one attached hydrogen (secondary N) is 1. The molecule has 20 heavy (non-hydrogen) atoms. The Morgan fingerprint density at radius 2 is 2.10 bits per heavy atom. The minimum atomic E-state index is -1.08. The molecule has 0 unspecified atom stereocenters. The van der Waals surface area contributed by atoms with E-state index in [1.54, 1.807) is 13.8 Å². The first-order chi connectivity index (χ1) is 9.40. The van der Waals surface area contributed by atoms with Crippen LogP contribution >= 0.6 is 15.9 Å². The number of benzene rings is 1. The van der Waals surface area contributed by atoms with Gasteiger partial charge in [-0.2, -0.15) is 5.26 Å². The van der Waals surface area contributed by atoms with Crippen molar-refractivity contribution in [3.05, 3.63) is 32.8 Å². The number of hydrogen-bond acceptors (Lipinski definition) is 4. The first-order valence-corrected chi connectivity index (χ1v) is 6.86. The van der Waals surface area contributed by atoms with Crippen LogP contribution in [0, 0.1) is 26.9 Å². The smallest absolute Gasteiger partial charge is 0.270 e. The molecule has 0 aromatic heterocycles. The Bertz CT molecular complexity index is 577. The van der Waals surface area contributed by atoms with E-state index >= 15 is 0 Å². The fourth-order valence-corrected chi connectivity index (χ4v) is 2.21. The molecule has 0 aliphatic heterocycles. The fourth-order valence-electron chi connectivity index (χ4n) is 1.74. The highest BCUT2D eigenvalue weighted by Gasteiger charge is 2.35. The molecule has 1 aromatic rings. The van der Waals surface area contributed by atoms with Crippen molar-refractivity contribution in [1.82, 2.24) is 0 Å². The molecule has 0 aliphatic carbocycles. The maximum atomic E-state index is 12.2. The lowest BCUT2D eigenvalue weighted by Crippen LogP contribution is -2.34. The Labute approximate surface area is 125 Å². The molecule has 0 spiro atoms. The Kier molecular flexibility index (Phi) is 5.22. The zero-order valence-corrected chi connectivity index (χ0v) is 12.7. The zero-order valence-electron chi connectivity index (χ0n) is 11.1. The van der Waals surface area contributed by atoms with Crippen molar-refractivity contribution in [3.63, 3.8) is 0 Å². The second kappa shape index (κ2) is 6.48. The van der Waals surface area contributed by atoms with Gasteiger partial charge in [0.25, 0.3) is 5.69 Å². The van der Waals surface area contributed by atoms with Crippen LogP contribution in [-0.2, 0) is 4.79 Å². The maximum Gasteiger partial charge on any atom is 0.270 e. The van der Waals surface area contributed by atoms with Crippen LogP contribution in [0.25, 0.3) is 0 Å². The van der Waals surface area contributed by atoms with Gasteiger partial charge in [-0.1, -0.05) is 13.8 Å². The summed E-state index contributed by atoms with van der Waals surface area (Å²) in [7, 11) is 0. The molecule has 0 saturated carbocycles. The van der Waals surface area contributed by atoms with Gasteiger partial charge in [-0.25, -0.2) is 0 Å². The summed E-state index contributed by atoms with van der Waals surface area (Å²) in [5.41, 5.74) is -0.754. The van der Waals surface area contributed by atoms with Crippen molar-refractivity contribution in [2.75, 3.05) is 5.32 Å². The van der Waals surface area contributed by atoms with E-state index in [0.717, 1.165) is 0 Å². The number of halogens is 1. The molecular formula is C13H14BrN3O3. The SMILES string of the molecule is CCC(C#N)(CC)C(=O)Nc1ccc([N+](=O)[O-])cc1Br. The summed E-state index contributed by atoms with van der Waals surface area (Å²) in [5, 5.41) is 22.5. The molecule has 0 atom stereocenters. The van der Waals surface area contributed by atoms with E-state index in [1.807, 2.05) is 6.07 Å². The van der Waals surface area contributed by atoms with Gasteiger partial charge in [0.2, 0.25) is 5.91 Å². The van der Waals surface area contributed by atoms with Gasteiger partial charge >= 0.3 is 0 Å². The first-order valence-electron chi connectivity index (χ1n) is 6.06. The van der Waals surface area contributed by atoms with Crippen LogP contribution in [0.3, 0.4) is 0 Å². The number of carbonyl (C=O) groups excluding carboxylic acids is 1. The van der Waals surface area contributed by atoms with Crippen LogP contribution in [0.1, 0.15) is 26.7 Å². The van der Waals surface area contributed by atoms with E-state index in [9.17, 15) is 20.2 Å². The van der Waals surface area contributed by atoms with Crippen LogP contribution in [0.5, 0.6) is 0 Å². The number of anilines is 1. The second-order valence-corrected chi connectivity index (χ2v) is 5.13. The van der Waals surface area contributed by atoms with E-state index in [-0.39, 0.29) is 5.69 Å². The Morgan fingerprint density at radius 1 is 1.50 bits per heavy atom. The van der Waals surface area contributed by atoms with Gasteiger partial charge in [0, 0.05) is 16.6 Å². The molecule has 0 bridgehead atoms. The summed E-state index contributed by atoms with van der Waals surface area (Å²) < 4.78 is 0.402. The summed E-state index contributed by atoms with van der Waals surface area (Å²) in [6, 6.07) is 6.09. The maximum absolute atomic E-state index is 12.2. The third-order valence-corrected chi connectivity index (χ3v) is 3.92. The molecule has 0 saturated heterocycles. The minimum absolute atomic E-state index is 0.0765. The van der Waals surface area contributed by atoms with Crippen molar-refractivity contribution in [3.8, 4) is 6.07 Å². The Morgan fingerprint density at radius 3 is 2.50 bits per heavy atom. The second-order valence-electron chi connectivity index (χ2n) is 4.28. The van der Waals surface area contributed by atoms with Crippen LogP contribution < -0.4 is 5.32 Å². The molecule has 106 valence electrons. The topological polar surface area (TPSA) is 96.0 Å². The average molecular weight is 340 g/mol. The zero-order chi connectivity index (χ0) is 15.3. The monoisotopic (exact) mass is 339 g/mol. The third kappa shape index (κ3) is 3.14. The van der Waals surface area contributed by atoms with Gasteiger partial charge in [-0.05, 0) is 34.8 Å². The van der Waals surface area contributed by atoms with Gasteiger partial charge in [0.15, 0.2) is 0 Å². The predicted octanol–water partition coefficient (Wildman–Crippen LogP) is 3.63. The number of carbonyl (C=O) groups is 1. The summed E-state index contributed by atoms with van der Waals surface area (Å²) in [6.07, 6.45) is 0.798. The molecule has 1 amide bonds. The highest BCUT2D eigenvalue weighted by atomic mass is 79.9. The first kappa shape index (κ1) is 16.1. The number of non-ortho nitro benzene ring substituents is 1. The largest absolute Gasteiger partial charge is 0.324 e. The fraction of sp³-hybridized carbons (Fsp3) is 0.385. The van der Waals surface area contributed by atoms with Crippen molar-refractivity contribution in [2.24, 2.45) is 5.41 Å². The van der Waals surface area contributed by atoms with Crippen LogP contribution in [0.2, 0.25) is 0 Å². The van der Waals surface area contributed by atoms with Crippen LogP contribution in [0.4, 0.5) is 11.4 Å². The molecule has 0 fully saturated rings. The summed E-state index contributed by atoms with van der Waals surface area (Å²) in [4.78, 5) is 22.3. The van der Waals surface area contributed by atoms with E-state index in [0.29, 0.717) is 23.0 Å². The summed E-state index contributed by atoms with van der Waals surface area (Å²) in [5.74, 6) is -0.403. The lowest BCUT2D eigenvalue weighted by molar-refractivity contribution is -0.384. The lowest BCUT2D eigenvalue weighted by atomic mass is 9.83. The van der Waals surface area contributed by atoms with Crippen molar-refractivity contribution in [1.29, 1.82) is 5.26 Å².